The summed E-state index contributed by atoms with van der Waals surface area (Å²) in [6, 6.07) is 20.5. The van der Waals surface area contributed by atoms with Crippen molar-refractivity contribution in [1.29, 1.82) is 0 Å². The van der Waals surface area contributed by atoms with Crippen LogP contribution < -0.4 is 10.1 Å². The second-order valence-corrected chi connectivity index (χ2v) is 6.16. The molecule has 2 N–H and O–H groups in total. The normalized spacial score (nSPS) is 12.1. The van der Waals surface area contributed by atoms with E-state index in [1.54, 1.807) is 7.11 Å². The number of nitrogens with two attached hydrogens (primary N) is 1. The number of benzene rings is 2. The average molecular weight is 343 g/mol. The van der Waals surface area contributed by atoms with E-state index in [9.17, 15) is 0 Å². The van der Waals surface area contributed by atoms with Crippen molar-refractivity contribution in [2.24, 2.45) is 0 Å². The van der Waals surface area contributed by atoms with Crippen molar-refractivity contribution in [3.63, 3.8) is 0 Å². The Morgan fingerprint density at radius 2 is 1.88 bits per heavy atom. The van der Waals surface area contributed by atoms with Gasteiger partial charge < -0.3 is 14.5 Å². The topological polar surface area (TPSA) is 39.0 Å². The maximum absolute atomic E-state index is 6.18. The highest BCUT2D eigenvalue weighted by molar-refractivity contribution is 6.32. The summed E-state index contributed by atoms with van der Waals surface area (Å²) in [6.07, 6.45) is 0. The Kier molecular flexibility index (Phi) is 5.24. The highest BCUT2D eigenvalue weighted by Crippen LogP contribution is 2.30. The van der Waals surface area contributed by atoms with Crippen LogP contribution in [0, 0.1) is 0 Å². The van der Waals surface area contributed by atoms with Gasteiger partial charge in [0.15, 0.2) is 5.76 Å². The fraction of sp³-hybridized carbons (Fsp3) is 0.200. The zero-order valence-corrected chi connectivity index (χ0v) is 14.6. The molecule has 0 spiro atoms. The van der Waals surface area contributed by atoms with E-state index in [0.29, 0.717) is 16.8 Å². The molecule has 1 heterocycles. The van der Waals surface area contributed by atoms with Gasteiger partial charge in [0.05, 0.1) is 12.1 Å². The number of ether oxygens (including phenoxy) is 1. The van der Waals surface area contributed by atoms with Gasteiger partial charge in [-0.25, -0.2) is 0 Å². The lowest BCUT2D eigenvalue weighted by Crippen LogP contribution is -2.82. The van der Waals surface area contributed by atoms with E-state index in [-0.39, 0.29) is 0 Å². The highest BCUT2D eigenvalue weighted by Gasteiger charge is 2.12. The molecule has 0 radical (unpaired) electrons. The predicted molar refractivity (Wildman–Crippen MR) is 96.2 cm³/mol. The van der Waals surface area contributed by atoms with E-state index in [2.05, 4.69) is 36.5 Å². The molecule has 0 aliphatic rings. The van der Waals surface area contributed by atoms with Gasteiger partial charge in [-0.05, 0) is 37.3 Å². The van der Waals surface area contributed by atoms with E-state index in [1.807, 2.05) is 36.4 Å². The highest BCUT2D eigenvalue weighted by atomic mass is 35.5. The van der Waals surface area contributed by atoms with Crippen LogP contribution in [0.15, 0.2) is 65.1 Å². The Hall–Kier alpha value is -2.23. The molecule has 3 nitrogen and oxygen atoms in total. The number of hydrogen-bond acceptors (Lipinski definition) is 2. The lowest BCUT2D eigenvalue weighted by Gasteiger charge is -2.09. The zero-order valence-electron chi connectivity index (χ0n) is 13.8. The van der Waals surface area contributed by atoms with Crippen LogP contribution in [-0.4, -0.2) is 7.11 Å². The van der Waals surface area contributed by atoms with Crippen molar-refractivity contribution < 1.29 is 14.5 Å². The maximum Gasteiger partial charge on any atom is 0.158 e. The van der Waals surface area contributed by atoms with Gasteiger partial charge in [-0.3, -0.25) is 0 Å². The summed E-state index contributed by atoms with van der Waals surface area (Å²) in [6.45, 7) is 2.99. The van der Waals surface area contributed by atoms with Gasteiger partial charge in [0.25, 0.3) is 0 Å². The molecule has 0 saturated carbocycles. The first-order valence-electron chi connectivity index (χ1n) is 7.98. The summed E-state index contributed by atoms with van der Waals surface area (Å²) in [5.74, 6) is 2.42. The van der Waals surface area contributed by atoms with Crippen LogP contribution in [-0.2, 0) is 6.54 Å². The number of quaternary nitrogens is 1. The standard InChI is InChI=1S/C20H20ClNO2/c1-14(15-6-4-3-5-7-15)22-13-17-9-11-19(24-17)16-8-10-20(23-2)18(21)12-16/h3-12,14,22H,13H2,1-2H3/p+1/t14-/m0/s1. The minimum Gasteiger partial charge on any atom is -0.495 e. The molecule has 4 heteroatoms. The predicted octanol–water partition coefficient (Wildman–Crippen LogP) is 4.43. The van der Waals surface area contributed by atoms with Crippen molar-refractivity contribution in [2.45, 2.75) is 19.5 Å². The monoisotopic (exact) mass is 342 g/mol. The molecule has 0 saturated heterocycles. The first-order chi connectivity index (χ1) is 11.7. The summed E-state index contributed by atoms with van der Waals surface area (Å²) >= 11 is 6.18. The van der Waals surface area contributed by atoms with Crippen LogP contribution in [0.1, 0.15) is 24.3 Å². The molecule has 124 valence electrons. The third-order valence-corrected chi connectivity index (χ3v) is 4.39. The lowest BCUT2D eigenvalue weighted by atomic mass is 10.1. The summed E-state index contributed by atoms with van der Waals surface area (Å²) in [7, 11) is 1.61. The summed E-state index contributed by atoms with van der Waals surface area (Å²) in [5, 5.41) is 2.84. The molecule has 24 heavy (non-hydrogen) atoms. The summed E-state index contributed by atoms with van der Waals surface area (Å²) in [4.78, 5) is 0. The first kappa shape index (κ1) is 16.6. The van der Waals surface area contributed by atoms with E-state index in [4.69, 9.17) is 20.8 Å². The quantitative estimate of drug-likeness (QED) is 0.719. The minimum atomic E-state index is 0.384. The lowest BCUT2D eigenvalue weighted by molar-refractivity contribution is -0.709. The zero-order chi connectivity index (χ0) is 16.9. The Morgan fingerprint density at radius 1 is 1.08 bits per heavy atom. The van der Waals surface area contributed by atoms with E-state index in [1.165, 1.54) is 5.56 Å². The molecule has 0 unspecified atom stereocenters. The Morgan fingerprint density at radius 3 is 2.58 bits per heavy atom. The van der Waals surface area contributed by atoms with Crippen molar-refractivity contribution in [1.82, 2.24) is 0 Å². The molecule has 2 aromatic carbocycles. The number of rotatable bonds is 6. The van der Waals surface area contributed by atoms with E-state index < -0.39 is 0 Å². The van der Waals surface area contributed by atoms with Crippen molar-refractivity contribution in [2.75, 3.05) is 7.11 Å². The molecular formula is C20H21ClNO2+. The molecule has 0 bridgehead atoms. The number of methoxy groups -OCH3 is 1. The van der Waals surface area contributed by atoms with Gasteiger partial charge in [-0.1, -0.05) is 41.9 Å². The Bertz CT molecular complexity index is 798. The second-order valence-electron chi connectivity index (χ2n) is 5.75. The number of halogens is 1. The van der Waals surface area contributed by atoms with E-state index >= 15 is 0 Å². The molecule has 3 aromatic rings. The molecule has 1 atom stereocenters. The van der Waals surface area contributed by atoms with Crippen LogP contribution in [0.3, 0.4) is 0 Å². The van der Waals surface area contributed by atoms with Crippen molar-refractivity contribution >= 4 is 11.6 Å². The van der Waals surface area contributed by atoms with Gasteiger partial charge in [0, 0.05) is 11.1 Å². The summed E-state index contributed by atoms with van der Waals surface area (Å²) < 4.78 is 11.1. The first-order valence-corrected chi connectivity index (χ1v) is 8.36. The third-order valence-electron chi connectivity index (χ3n) is 4.10. The van der Waals surface area contributed by atoms with Crippen molar-refractivity contribution in [3.05, 3.63) is 77.0 Å². The molecule has 0 amide bonds. The largest absolute Gasteiger partial charge is 0.495 e. The van der Waals surface area contributed by atoms with Gasteiger partial charge in [-0.2, -0.15) is 0 Å². The number of hydrogen-bond donors (Lipinski definition) is 1. The van der Waals surface area contributed by atoms with Gasteiger partial charge in [-0.15, -0.1) is 0 Å². The van der Waals surface area contributed by atoms with Crippen LogP contribution in [0.5, 0.6) is 5.75 Å². The van der Waals surface area contributed by atoms with Crippen LogP contribution in [0.25, 0.3) is 11.3 Å². The van der Waals surface area contributed by atoms with E-state index in [0.717, 1.165) is 23.6 Å². The van der Waals surface area contributed by atoms with Gasteiger partial charge in [0.1, 0.15) is 24.1 Å². The molecular weight excluding hydrogens is 322 g/mol. The van der Waals surface area contributed by atoms with Crippen LogP contribution in [0.4, 0.5) is 0 Å². The van der Waals surface area contributed by atoms with Gasteiger partial charge in [0.2, 0.25) is 0 Å². The Balaban J connectivity index is 1.66. The van der Waals surface area contributed by atoms with Gasteiger partial charge >= 0.3 is 0 Å². The molecule has 1 aromatic heterocycles. The van der Waals surface area contributed by atoms with Crippen LogP contribution >= 0.6 is 11.6 Å². The molecule has 0 aliphatic carbocycles. The summed E-state index contributed by atoms with van der Waals surface area (Å²) in [5.41, 5.74) is 2.26. The maximum atomic E-state index is 6.18. The number of furan rings is 1. The smallest absolute Gasteiger partial charge is 0.158 e. The fourth-order valence-electron chi connectivity index (χ4n) is 2.65. The van der Waals surface area contributed by atoms with Crippen molar-refractivity contribution in [3.8, 4) is 17.1 Å². The third kappa shape index (κ3) is 3.81. The Labute approximate surface area is 147 Å². The minimum absolute atomic E-state index is 0.384. The average Bonchev–Trinajstić information content (AvgIpc) is 3.09. The molecule has 3 rings (SSSR count). The fourth-order valence-corrected chi connectivity index (χ4v) is 2.91. The molecule has 0 fully saturated rings. The second kappa shape index (κ2) is 7.56. The molecule has 0 aliphatic heterocycles. The SMILES string of the molecule is COc1ccc(-c2ccc(C[NH2+][C@@H](C)c3ccccc3)o2)cc1Cl. The van der Waals surface area contributed by atoms with Crippen LogP contribution in [0.2, 0.25) is 5.02 Å².